The lowest BCUT2D eigenvalue weighted by molar-refractivity contribution is -0.385. The number of carboxylic acids is 1. The predicted molar refractivity (Wildman–Crippen MR) is 74.9 cm³/mol. The van der Waals surface area contributed by atoms with E-state index in [1.54, 1.807) is 0 Å². The van der Waals surface area contributed by atoms with Crippen molar-refractivity contribution in [1.29, 1.82) is 0 Å². The van der Waals surface area contributed by atoms with Gasteiger partial charge in [-0.2, -0.15) is 0 Å². The Morgan fingerprint density at radius 2 is 2.10 bits per heavy atom. The Hall–Kier alpha value is -1.62. The molecule has 0 aliphatic heterocycles. The average Bonchev–Trinajstić information content (AvgIpc) is 2.88. The number of rotatable bonds is 5. The van der Waals surface area contributed by atoms with Crippen molar-refractivity contribution in [2.75, 3.05) is 0 Å². The first kappa shape index (κ1) is 14.8. The highest BCUT2D eigenvalue weighted by Crippen LogP contribution is 2.35. The lowest BCUT2D eigenvalue weighted by Crippen LogP contribution is -2.24. The molecule has 5 nitrogen and oxygen atoms in total. The molecular weight excluding hydrogens is 282 g/mol. The highest BCUT2D eigenvalue weighted by Gasteiger charge is 2.32. The van der Waals surface area contributed by atoms with E-state index in [-0.39, 0.29) is 18.0 Å². The number of nitro benzene ring substituents is 1. The molecule has 1 saturated carbocycles. The molecule has 108 valence electrons. The van der Waals surface area contributed by atoms with E-state index in [2.05, 4.69) is 0 Å². The van der Waals surface area contributed by atoms with Gasteiger partial charge in [0.25, 0.3) is 5.69 Å². The number of carboxylic acid groups (broad SMARTS) is 1. The van der Waals surface area contributed by atoms with Crippen molar-refractivity contribution in [1.82, 2.24) is 0 Å². The molecule has 1 unspecified atom stereocenters. The van der Waals surface area contributed by atoms with Crippen molar-refractivity contribution < 1.29 is 14.8 Å². The van der Waals surface area contributed by atoms with E-state index in [1.807, 2.05) is 0 Å². The van der Waals surface area contributed by atoms with E-state index in [4.69, 9.17) is 11.6 Å². The van der Waals surface area contributed by atoms with Gasteiger partial charge in [0.1, 0.15) is 0 Å². The molecule has 0 spiro atoms. The summed E-state index contributed by atoms with van der Waals surface area (Å²) in [6.45, 7) is 0. The average molecular weight is 298 g/mol. The number of nitro groups is 1. The van der Waals surface area contributed by atoms with Crippen LogP contribution in [0.1, 0.15) is 31.2 Å². The summed E-state index contributed by atoms with van der Waals surface area (Å²) >= 11 is 5.87. The second-order valence-corrected chi connectivity index (χ2v) is 5.66. The van der Waals surface area contributed by atoms with E-state index in [0.29, 0.717) is 10.6 Å². The highest BCUT2D eigenvalue weighted by atomic mass is 35.5. The molecule has 0 saturated heterocycles. The van der Waals surface area contributed by atoms with E-state index in [9.17, 15) is 20.0 Å². The van der Waals surface area contributed by atoms with E-state index in [0.717, 1.165) is 25.7 Å². The zero-order chi connectivity index (χ0) is 14.7. The topological polar surface area (TPSA) is 80.4 Å². The second kappa shape index (κ2) is 6.22. The molecule has 1 N–H and O–H groups in total. The van der Waals surface area contributed by atoms with Crippen molar-refractivity contribution in [3.63, 3.8) is 0 Å². The third-order valence-electron chi connectivity index (χ3n) is 3.96. The van der Waals surface area contributed by atoms with E-state index in [1.165, 1.54) is 18.2 Å². The van der Waals surface area contributed by atoms with Gasteiger partial charge in [0.2, 0.25) is 0 Å². The van der Waals surface area contributed by atoms with Crippen molar-refractivity contribution >= 4 is 23.3 Å². The molecule has 1 atom stereocenters. The number of hydrogen-bond donors (Lipinski definition) is 1. The van der Waals surface area contributed by atoms with E-state index < -0.39 is 16.8 Å². The summed E-state index contributed by atoms with van der Waals surface area (Å²) in [5.41, 5.74) is 0.348. The Morgan fingerprint density at radius 1 is 1.45 bits per heavy atom. The molecule has 0 aromatic heterocycles. The molecule has 0 amide bonds. The summed E-state index contributed by atoms with van der Waals surface area (Å²) in [6, 6.07) is 4.30. The lowest BCUT2D eigenvalue weighted by atomic mass is 9.85. The van der Waals surface area contributed by atoms with Gasteiger partial charge in [-0.3, -0.25) is 14.9 Å². The van der Waals surface area contributed by atoms with Crippen LogP contribution < -0.4 is 0 Å². The SMILES string of the molecule is O=C(O)C(Cc1cc(Cl)ccc1[N+](=O)[O-])C1CCCC1. The molecule has 0 heterocycles. The van der Waals surface area contributed by atoms with Gasteiger partial charge in [0, 0.05) is 16.7 Å². The molecule has 0 radical (unpaired) electrons. The van der Waals surface area contributed by atoms with E-state index >= 15 is 0 Å². The van der Waals surface area contributed by atoms with Crippen molar-refractivity contribution in [3.8, 4) is 0 Å². The first-order valence-corrected chi connectivity index (χ1v) is 7.02. The molecule has 2 rings (SSSR count). The number of carbonyl (C=O) groups is 1. The van der Waals surface area contributed by atoms with Gasteiger partial charge in [-0.1, -0.05) is 24.4 Å². The standard InChI is InChI=1S/C14H16ClNO4/c15-11-5-6-13(16(19)20)10(7-11)8-12(14(17)18)9-3-1-2-4-9/h5-7,9,12H,1-4,8H2,(H,17,18). The Balaban J connectivity index is 2.28. The Morgan fingerprint density at radius 3 is 2.65 bits per heavy atom. The Kier molecular flexibility index (Phi) is 4.60. The maximum absolute atomic E-state index is 11.5. The molecule has 6 heteroatoms. The van der Waals surface area contributed by atoms with Gasteiger partial charge in [0.15, 0.2) is 0 Å². The smallest absolute Gasteiger partial charge is 0.307 e. The van der Waals surface area contributed by atoms with Crippen LogP contribution in [-0.4, -0.2) is 16.0 Å². The van der Waals surface area contributed by atoms with Gasteiger partial charge < -0.3 is 5.11 Å². The number of hydrogen-bond acceptors (Lipinski definition) is 3. The molecule has 1 aliphatic rings. The summed E-state index contributed by atoms with van der Waals surface area (Å²) in [7, 11) is 0. The maximum Gasteiger partial charge on any atom is 0.307 e. The highest BCUT2D eigenvalue weighted by molar-refractivity contribution is 6.30. The van der Waals surface area contributed by atoms with Crippen LogP contribution in [0.3, 0.4) is 0 Å². The molecular formula is C14H16ClNO4. The zero-order valence-corrected chi connectivity index (χ0v) is 11.7. The molecule has 1 fully saturated rings. The number of nitrogens with zero attached hydrogens (tertiary/aromatic N) is 1. The van der Waals surface area contributed by atoms with Crippen molar-refractivity contribution in [3.05, 3.63) is 38.9 Å². The fourth-order valence-corrected chi connectivity index (χ4v) is 3.14. The number of aliphatic carboxylic acids is 1. The molecule has 1 aliphatic carbocycles. The predicted octanol–water partition coefficient (Wildman–Crippen LogP) is 3.68. The minimum atomic E-state index is -0.883. The molecule has 0 bridgehead atoms. The van der Waals surface area contributed by atoms with Gasteiger partial charge >= 0.3 is 5.97 Å². The van der Waals surface area contributed by atoms with Gasteiger partial charge in [-0.15, -0.1) is 0 Å². The monoisotopic (exact) mass is 297 g/mol. The van der Waals surface area contributed by atoms with Gasteiger partial charge in [-0.05, 0) is 37.3 Å². The van der Waals surface area contributed by atoms with Crippen LogP contribution in [0.4, 0.5) is 5.69 Å². The third-order valence-corrected chi connectivity index (χ3v) is 4.20. The van der Waals surface area contributed by atoms with Crippen molar-refractivity contribution in [2.24, 2.45) is 11.8 Å². The first-order chi connectivity index (χ1) is 9.49. The molecule has 1 aromatic carbocycles. The van der Waals surface area contributed by atoms with Crippen LogP contribution in [0.15, 0.2) is 18.2 Å². The first-order valence-electron chi connectivity index (χ1n) is 6.64. The largest absolute Gasteiger partial charge is 0.481 e. The summed E-state index contributed by atoms with van der Waals surface area (Å²) in [5, 5.41) is 20.8. The van der Waals surface area contributed by atoms with Crippen LogP contribution >= 0.6 is 11.6 Å². The zero-order valence-electron chi connectivity index (χ0n) is 10.9. The second-order valence-electron chi connectivity index (χ2n) is 5.22. The summed E-state index contributed by atoms with van der Waals surface area (Å²) in [5.74, 6) is -1.35. The van der Waals surface area contributed by atoms with Crippen LogP contribution in [-0.2, 0) is 11.2 Å². The van der Waals surface area contributed by atoms with Crippen LogP contribution in [0, 0.1) is 22.0 Å². The van der Waals surface area contributed by atoms with Crippen molar-refractivity contribution in [2.45, 2.75) is 32.1 Å². The Bertz CT molecular complexity index is 526. The van der Waals surface area contributed by atoms with Gasteiger partial charge in [0.05, 0.1) is 10.8 Å². The molecule has 20 heavy (non-hydrogen) atoms. The summed E-state index contributed by atoms with van der Waals surface area (Å²) in [4.78, 5) is 22.0. The lowest BCUT2D eigenvalue weighted by Gasteiger charge is -2.19. The van der Waals surface area contributed by atoms with Crippen LogP contribution in [0.2, 0.25) is 5.02 Å². The minimum Gasteiger partial charge on any atom is -0.481 e. The third kappa shape index (κ3) is 3.28. The fourth-order valence-electron chi connectivity index (χ4n) is 2.95. The number of halogens is 1. The normalized spacial score (nSPS) is 17.1. The van der Waals surface area contributed by atoms with Crippen LogP contribution in [0.5, 0.6) is 0 Å². The van der Waals surface area contributed by atoms with Crippen LogP contribution in [0.25, 0.3) is 0 Å². The minimum absolute atomic E-state index is 0.0568. The van der Waals surface area contributed by atoms with Gasteiger partial charge in [-0.25, -0.2) is 0 Å². The summed E-state index contributed by atoms with van der Waals surface area (Å²) in [6.07, 6.45) is 3.99. The fraction of sp³-hybridized carbons (Fsp3) is 0.500. The maximum atomic E-state index is 11.5. The summed E-state index contributed by atoms with van der Waals surface area (Å²) < 4.78 is 0. The number of benzene rings is 1. The Labute approximate surface area is 121 Å². The molecule has 1 aromatic rings. The quantitative estimate of drug-likeness (QED) is 0.664.